The minimum atomic E-state index is -1.03. The smallest absolute Gasteiger partial charge is 0.339 e. The fourth-order valence-corrected chi connectivity index (χ4v) is 3.15. The molecule has 6 nitrogen and oxygen atoms in total. The molecule has 0 saturated carbocycles. The van der Waals surface area contributed by atoms with Crippen molar-refractivity contribution < 1.29 is 23.8 Å². The highest BCUT2D eigenvalue weighted by molar-refractivity contribution is 5.88. The van der Waals surface area contributed by atoms with E-state index in [0.717, 1.165) is 17.7 Å². The van der Waals surface area contributed by atoms with Gasteiger partial charge in [0, 0.05) is 13.5 Å². The third-order valence-corrected chi connectivity index (χ3v) is 4.52. The predicted octanol–water partition coefficient (Wildman–Crippen LogP) is 3.20. The summed E-state index contributed by atoms with van der Waals surface area (Å²) in [4.78, 5) is 25.2. The van der Waals surface area contributed by atoms with Gasteiger partial charge in [0.15, 0.2) is 0 Å². The lowest BCUT2D eigenvalue weighted by Gasteiger charge is -2.27. The van der Waals surface area contributed by atoms with E-state index in [9.17, 15) is 9.59 Å². The molecule has 2 aromatic rings. The maximum Gasteiger partial charge on any atom is 0.339 e. The molecule has 0 bridgehead atoms. The second-order valence-corrected chi connectivity index (χ2v) is 6.31. The summed E-state index contributed by atoms with van der Waals surface area (Å²) in [7, 11) is 1.70. The summed E-state index contributed by atoms with van der Waals surface area (Å²) in [5, 5.41) is 9.08. The van der Waals surface area contributed by atoms with Gasteiger partial charge < -0.3 is 19.2 Å². The number of carbonyl (C=O) groups is 2. The number of carboxylic acid groups (broad SMARTS) is 1. The summed E-state index contributed by atoms with van der Waals surface area (Å²) in [5.74, 6) is 0.766. The highest BCUT2D eigenvalue weighted by Crippen LogP contribution is 2.35. The van der Waals surface area contributed by atoms with E-state index in [1.807, 2.05) is 24.3 Å². The van der Waals surface area contributed by atoms with Crippen molar-refractivity contribution in [3.63, 3.8) is 0 Å². The largest absolute Gasteiger partial charge is 0.493 e. The number of para-hydroxylation sites is 1. The van der Waals surface area contributed by atoms with Crippen LogP contribution in [-0.2, 0) is 11.3 Å². The molecule has 132 valence electrons. The van der Waals surface area contributed by atoms with Crippen molar-refractivity contribution in [2.45, 2.75) is 32.2 Å². The Morgan fingerprint density at radius 1 is 1.32 bits per heavy atom. The number of nitrogens with zero attached hydrogens (tertiary/aromatic N) is 1. The predicted molar refractivity (Wildman–Crippen MR) is 90.8 cm³/mol. The lowest BCUT2D eigenvalue weighted by Crippen LogP contribution is -2.28. The molecular formula is C19H21NO5. The van der Waals surface area contributed by atoms with E-state index < -0.39 is 5.97 Å². The van der Waals surface area contributed by atoms with Crippen molar-refractivity contribution >= 4 is 11.9 Å². The lowest BCUT2D eigenvalue weighted by molar-refractivity contribution is -0.131. The molecule has 0 radical (unpaired) electrons. The van der Waals surface area contributed by atoms with E-state index >= 15 is 0 Å². The van der Waals surface area contributed by atoms with E-state index in [1.165, 1.54) is 6.07 Å². The van der Waals surface area contributed by atoms with Crippen molar-refractivity contribution in [2.24, 2.45) is 0 Å². The van der Waals surface area contributed by atoms with Gasteiger partial charge in [-0.25, -0.2) is 4.79 Å². The van der Waals surface area contributed by atoms with Gasteiger partial charge in [0.1, 0.15) is 22.8 Å². The zero-order valence-corrected chi connectivity index (χ0v) is 14.3. The van der Waals surface area contributed by atoms with Gasteiger partial charge in [-0.2, -0.15) is 0 Å². The van der Waals surface area contributed by atoms with Crippen LogP contribution in [0.2, 0.25) is 0 Å². The van der Waals surface area contributed by atoms with Crippen LogP contribution in [0.5, 0.6) is 5.75 Å². The van der Waals surface area contributed by atoms with Crippen molar-refractivity contribution in [1.82, 2.24) is 4.90 Å². The van der Waals surface area contributed by atoms with E-state index in [4.69, 9.17) is 14.3 Å². The monoisotopic (exact) mass is 343 g/mol. The molecule has 0 saturated heterocycles. The molecule has 0 unspecified atom stereocenters. The molecule has 1 aliphatic heterocycles. The Bertz CT molecular complexity index is 795. The molecule has 1 aromatic heterocycles. The number of benzene rings is 1. The molecule has 1 atom stereocenters. The van der Waals surface area contributed by atoms with Gasteiger partial charge >= 0.3 is 5.97 Å². The highest BCUT2D eigenvalue weighted by atomic mass is 16.5. The Kier molecular flexibility index (Phi) is 4.79. The van der Waals surface area contributed by atoms with Crippen LogP contribution in [-0.4, -0.2) is 35.5 Å². The van der Waals surface area contributed by atoms with E-state index in [1.54, 1.807) is 18.9 Å². The minimum Gasteiger partial charge on any atom is -0.493 e. The zero-order valence-electron chi connectivity index (χ0n) is 14.3. The fraction of sp³-hybridized carbons (Fsp3) is 0.368. The molecule has 2 heterocycles. The van der Waals surface area contributed by atoms with Gasteiger partial charge in [0.2, 0.25) is 5.91 Å². The second kappa shape index (κ2) is 7.01. The molecule has 25 heavy (non-hydrogen) atoms. The summed E-state index contributed by atoms with van der Waals surface area (Å²) >= 11 is 0. The van der Waals surface area contributed by atoms with Crippen molar-refractivity contribution in [3.05, 3.63) is 53.0 Å². The van der Waals surface area contributed by atoms with Crippen LogP contribution in [0.25, 0.3) is 0 Å². The first kappa shape index (κ1) is 17.1. The quantitative estimate of drug-likeness (QED) is 0.902. The standard InChI is InChI=1S/C19H21NO5/c1-12-16(19(22)23)10-14(25-12)11-20(2)18(21)9-13-7-8-24-17-6-4-3-5-15(13)17/h3-6,10,13H,7-9,11H2,1-2H3,(H,22,23)/t13-/m1/s1. The lowest BCUT2D eigenvalue weighted by atomic mass is 9.90. The third-order valence-electron chi connectivity index (χ3n) is 4.52. The SMILES string of the molecule is Cc1oc(CN(C)C(=O)C[C@H]2CCOc3ccccc32)cc1C(=O)O. The Hall–Kier alpha value is -2.76. The highest BCUT2D eigenvalue weighted by Gasteiger charge is 2.25. The normalized spacial score (nSPS) is 16.0. The number of hydrogen-bond acceptors (Lipinski definition) is 4. The minimum absolute atomic E-state index is 0.00682. The molecule has 0 aliphatic carbocycles. The Morgan fingerprint density at radius 2 is 2.08 bits per heavy atom. The van der Waals surface area contributed by atoms with Crippen molar-refractivity contribution in [1.29, 1.82) is 0 Å². The third kappa shape index (κ3) is 3.68. The molecule has 1 aromatic carbocycles. The van der Waals surface area contributed by atoms with Crippen molar-refractivity contribution in [2.75, 3.05) is 13.7 Å². The number of ether oxygens (including phenoxy) is 1. The number of furan rings is 1. The summed E-state index contributed by atoms with van der Waals surface area (Å²) in [6.07, 6.45) is 1.20. The Labute approximate surface area is 146 Å². The van der Waals surface area contributed by atoms with Crippen LogP contribution in [0.1, 0.15) is 46.2 Å². The number of amides is 1. The number of fused-ring (bicyclic) bond motifs is 1. The van der Waals surface area contributed by atoms with E-state index in [-0.39, 0.29) is 23.9 Å². The molecule has 1 amide bonds. The van der Waals surface area contributed by atoms with Gasteiger partial charge in [0.05, 0.1) is 13.2 Å². The van der Waals surface area contributed by atoms with Gasteiger partial charge in [-0.3, -0.25) is 4.79 Å². The topological polar surface area (TPSA) is 80.0 Å². The molecule has 1 aliphatic rings. The van der Waals surface area contributed by atoms with Crippen LogP contribution in [0.3, 0.4) is 0 Å². The molecule has 0 spiro atoms. The van der Waals surface area contributed by atoms with Gasteiger partial charge in [-0.15, -0.1) is 0 Å². The number of hydrogen-bond donors (Lipinski definition) is 1. The van der Waals surface area contributed by atoms with Gasteiger partial charge in [-0.05, 0) is 37.0 Å². The van der Waals surface area contributed by atoms with E-state index in [0.29, 0.717) is 24.5 Å². The first-order valence-electron chi connectivity index (χ1n) is 8.24. The van der Waals surface area contributed by atoms with Crippen LogP contribution in [0.4, 0.5) is 0 Å². The summed E-state index contributed by atoms with van der Waals surface area (Å²) in [6, 6.07) is 9.28. The van der Waals surface area contributed by atoms with Crippen LogP contribution < -0.4 is 4.74 Å². The second-order valence-electron chi connectivity index (χ2n) is 6.31. The molecule has 0 fully saturated rings. The molecule has 1 N–H and O–H groups in total. The maximum absolute atomic E-state index is 12.6. The number of aromatic carboxylic acids is 1. The first-order valence-corrected chi connectivity index (χ1v) is 8.24. The fourth-order valence-electron chi connectivity index (χ4n) is 3.15. The van der Waals surface area contributed by atoms with Gasteiger partial charge in [-0.1, -0.05) is 18.2 Å². The molecule has 3 rings (SSSR count). The Balaban J connectivity index is 1.66. The average Bonchev–Trinajstić information content (AvgIpc) is 2.95. The number of aryl methyl sites for hydroxylation is 1. The van der Waals surface area contributed by atoms with Crippen LogP contribution >= 0.6 is 0 Å². The summed E-state index contributed by atoms with van der Waals surface area (Å²) < 4.78 is 11.1. The summed E-state index contributed by atoms with van der Waals surface area (Å²) in [6.45, 7) is 2.46. The van der Waals surface area contributed by atoms with Gasteiger partial charge in [0.25, 0.3) is 0 Å². The number of carboxylic acids is 1. The van der Waals surface area contributed by atoms with Crippen molar-refractivity contribution in [3.8, 4) is 5.75 Å². The number of rotatable bonds is 5. The number of carbonyl (C=O) groups excluding carboxylic acids is 1. The summed E-state index contributed by atoms with van der Waals surface area (Å²) in [5.41, 5.74) is 1.20. The maximum atomic E-state index is 12.6. The van der Waals surface area contributed by atoms with E-state index in [2.05, 4.69) is 0 Å². The van der Waals surface area contributed by atoms with Crippen LogP contribution in [0.15, 0.2) is 34.7 Å². The Morgan fingerprint density at radius 3 is 2.80 bits per heavy atom. The molecule has 6 heteroatoms. The first-order chi connectivity index (χ1) is 12.0. The zero-order chi connectivity index (χ0) is 18.0. The van der Waals surface area contributed by atoms with Crippen LogP contribution in [0, 0.1) is 6.92 Å². The molecular weight excluding hydrogens is 322 g/mol. The average molecular weight is 343 g/mol.